The van der Waals surface area contributed by atoms with Gasteiger partial charge in [-0.05, 0) is 52.8 Å². The van der Waals surface area contributed by atoms with Crippen LogP contribution < -0.4 is 5.32 Å². The second kappa shape index (κ2) is 7.65. The summed E-state index contributed by atoms with van der Waals surface area (Å²) in [5.74, 6) is -1.74. The average Bonchev–Trinajstić information content (AvgIpc) is 3.10. The average molecular weight is 462 g/mol. The number of benzene rings is 2. The number of aromatic nitrogens is 3. The highest BCUT2D eigenvalue weighted by atomic mass is 127. The molecule has 0 saturated carbocycles. The number of hydrogen-bond acceptors (Lipinski definition) is 4. The largest absolute Gasteiger partial charge is 0.479 e. The lowest BCUT2D eigenvalue weighted by Gasteiger charge is -2.15. The molecule has 1 unspecified atom stereocenters. The van der Waals surface area contributed by atoms with Gasteiger partial charge in [-0.2, -0.15) is 0 Å². The zero-order valence-corrected chi connectivity index (χ0v) is 15.9. The van der Waals surface area contributed by atoms with Crippen LogP contribution in [-0.2, 0) is 4.79 Å². The predicted octanol–water partition coefficient (Wildman–Crippen LogP) is 2.74. The Balaban J connectivity index is 1.84. The molecule has 0 radical (unpaired) electrons. The highest BCUT2D eigenvalue weighted by Gasteiger charge is 2.25. The summed E-state index contributed by atoms with van der Waals surface area (Å²) in [6.45, 7) is 1.93. The zero-order chi connectivity index (χ0) is 18.7. The predicted molar refractivity (Wildman–Crippen MR) is 103 cm³/mol. The number of hydrogen-bond donors (Lipinski definition) is 2. The number of nitrogens with zero attached hydrogens (tertiary/aromatic N) is 3. The summed E-state index contributed by atoms with van der Waals surface area (Å²) in [5, 5.41) is 19.9. The van der Waals surface area contributed by atoms with Crippen molar-refractivity contribution in [3.8, 4) is 5.69 Å². The summed E-state index contributed by atoms with van der Waals surface area (Å²) < 4.78 is 2.24. The van der Waals surface area contributed by atoms with Crippen molar-refractivity contribution < 1.29 is 14.7 Å². The van der Waals surface area contributed by atoms with Gasteiger partial charge in [0.1, 0.15) is 0 Å². The molecule has 0 spiro atoms. The first-order valence-electron chi connectivity index (χ1n) is 7.74. The molecular formula is C18H15IN4O3. The quantitative estimate of drug-likeness (QED) is 0.569. The molecule has 1 atom stereocenters. The molecular weight excluding hydrogens is 447 g/mol. The number of rotatable bonds is 5. The Morgan fingerprint density at radius 1 is 1.15 bits per heavy atom. The topological polar surface area (TPSA) is 97.1 Å². The third-order valence-corrected chi connectivity index (χ3v) is 4.81. The van der Waals surface area contributed by atoms with Gasteiger partial charge in [-0.3, -0.25) is 4.79 Å². The first-order chi connectivity index (χ1) is 12.5. The third-order valence-electron chi connectivity index (χ3n) is 3.83. The van der Waals surface area contributed by atoms with E-state index in [0.717, 1.165) is 14.8 Å². The Hall–Kier alpha value is -2.75. The van der Waals surface area contributed by atoms with Gasteiger partial charge in [0.25, 0.3) is 5.91 Å². The third kappa shape index (κ3) is 3.74. The van der Waals surface area contributed by atoms with E-state index in [1.54, 1.807) is 24.3 Å². The number of amides is 1. The van der Waals surface area contributed by atoms with E-state index in [0.29, 0.717) is 5.56 Å². The van der Waals surface area contributed by atoms with E-state index in [9.17, 15) is 14.7 Å². The molecule has 0 saturated heterocycles. The van der Waals surface area contributed by atoms with Crippen LogP contribution in [0.15, 0.2) is 54.7 Å². The molecule has 0 aliphatic rings. The van der Waals surface area contributed by atoms with Crippen LogP contribution in [0.25, 0.3) is 5.69 Å². The van der Waals surface area contributed by atoms with Crippen molar-refractivity contribution >= 4 is 34.5 Å². The molecule has 3 aromatic rings. The Morgan fingerprint density at radius 3 is 2.54 bits per heavy atom. The number of aryl methyl sites for hydroxylation is 1. The number of carbonyl (C=O) groups is 2. The maximum absolute atomic E-state index is 12.5. The molecule has 1 amide bonds. The van der Waals surface area contributed by atoms with Gasteiger partial charge in [-0.15, -0.1) is 5.10 Å². The second-order valence-corrected chi connectivity index (χ2v) is 6.76. The molecule has 0 aliphatic carbocycles. The van der Waals surface area contributed by atoms with E-state index in [1.807, 2.05) is 53.8 Å². The number of carboxylic acid groups (broad SMARTS) is 1. The van der Waals surface area contributed by atoms with Crippen molar-refractivity contribution in [3.05, 3.63) is 75.1 Å². The maximum Gasteiger partial charge on any atom is 0.330 e. The number of carboxylic acids is 1. The molecule has 0 fully saturated rings. The van der Waals surface area contributed by atoms with Gasteiger partial charge in [0.15, 0.2) is 11.7 Å². The first kappa shape index (κ1) is 18.1. The molecule has 2 aromatic carbocycles. The number of halogens is 1. The van der Waals surface area contributed by atoms with E-state index in [2.05, 4.69) is 15.6 Å². The van der Waals surface area contributed by atoms with E-state index in [4.69, 9.17) is 0 Å². The molecule has 132 valence electrons. The molecule has 8 heteroatoms. The molecule has 0 aliphatic heterocycles. The molecule has 7 nitrogen and oxygen atoms in total. The van der Waals surface area contributed by atoms with Crippen LogP contribution in [0.5, 0.6) is 0 Å². The second-order valence-electron chi connectivity index (χ2n) is 5.60. The molecule has 26 heavy (non-hydrogen) atoms. The SMILES string of the molecule is Cc1ccccc1-n1cc(C(=O)NC(C(=O)O)c2ccccc2I)nn1. The lowest BCUT2D eigenvalue weighted by Crippen LogP contribution is -2.34. The highest BCUT2D eigenvalue weighted by molar-refractivity contribution is 14.1. The standard InChI is InChI=1S/C18H15IN4O3/c1-11-6-2-5-9-15(11)23-10-14(21-22-23)17(24)20-16(18(25)26)12-7-3-4-8-13(12)19/h2-10,16H,1H3,(H,20,24)(H,25,26). The summed E-state index contributed by atoms with van der Waals surface area (Å²) in [4.78, 5) is 24.1. The molecule has 1 aromatic heterocycles. The van der Waals surface area contributed by atoms with Crippen LogP contribution in [-0.4, -0.2) is 32.0 Å². The first-order valence-corrected chi connectivity index (χ1v) is 8.81. The van der Waals surface area contributed by atoms with Crippen LogP contribution in [0.1, 0.15) is 27.7 Å². The Morgan fingerprint density at radius 2 is 1.85 bits per heavy atom. The summed E-state index contributed by atoms with van der Waals surface area (Å²) in [6, 6.07) is 13.4. The minimum atomic E-state index is -1.17. The lowest BCUT2D eigenvalue weighted by molar-refractivity contribution is -0.139. The van der Waals surface area contributed by atoms with Crippen LogP contribution in [0.4, 0.5) is 0 Å². The van der Waals surface area contributed by atoms with Gasteiger partial charge in [0, 0.05) is 3.57 Å². The van der Waals surface area contributed by atoms with Crippen LogP contribution in [0.3, 0.4) is 0 Å². The fourth-order valence-corrected chi connectivity index (χ4v) is 3.19. The molecule has 3 rings (SSSR count). The van der Waals surface area contributed by atoms with Crippen LogP contribution >= 0.6 is 22.6 Å². The number of aliphatic carboxylic acids is 1. The minimum Gasteiger partial charge on any atom is -0.479 e. The zero-order valence-electron chi connectivity index (χ0n) is 13.8. The fourth-order valence-electron chi connectivity index (χ4n) is 2.49. The van der Waals surface area contributed by atoms with Crippen molar-refractivity contribution in [1.82, 2.24) is 20.3 Å². The van der Waals surface area contributed by atoms with E-state index < -0.39 is 17.9 Å². The van der Waals surface area contributed by atoms with Gasteiger partial charge in [-0.25, -0.2) is 9.48 Å². The summed E-state index contributed by atoms with van der Waals surface area (Å²) in [5.41, 5.74) is 2.34. The summed E-state index contributed by atoms with van der Waals surface area (Å²) >= 11 is 2.04. The highest BCUT2D eigenvalue weighted by Crippen LogP contribution is 2.21. The fraction of sp³-hybridized carbons (Fsp3) is 0.111. The maximum atomic E-state index is 12.5. The Labute approximate surface area is 163 Å². The van der Waals surface area contributed by atoms with Crippen molar-refractivity contribution in [1.29, 1.82) is 0 Å². The van der Waals surface area contributed by atoms with Crippen LogP contribution in [0.2, 0.25) is 0 Å². The normalized spacial score (nSPS) is 11.8. The van der Waals surface area contributed by atoms with Crippen molar-refractivity contribution in [3.63, 3.8) is 0 Å². The Bertz CT molecular complexity index is 970. The monoisotopic (exact) mass is 462 g/mol. The molecule has 0 bridgehead atoms. The van der Waals surface area contributed by atoms with E-state index in [1.165, 1.54) is 10.9 Å². The number of para-hydroxylation sites is 1. The van der Waals surface area contributed by atoms with Gasteiger partial charge in [-0.1, -0.05) is 41.6 Å². The van der Waals surface area contributed by atoms with E-state index in [-0.39, 0.29) is 5.69 Å². The number of nitrogens with one attached hydrogen (secondary N) is 1. The summed E-state index contributed by atoms with van der Waals surface area (Å²) in [6.07, 6.45) is 1.48. The van der Waals surface area contributed by atoms with Gasteiger partial charge >= 0.3 is 5.97 Å². The van der Waals surface area contributed by atoms with Gasteiger partial charge in [0.2, 0.25) is 0 Å². The molecule has 2 N–H and O–H groups in total. The van der Waals surface area contributed by atoms with Crippen LogP contribution in [0, 0.1) is 10.5 Å². The van der Waals surface area contributed by atoms with Gasteiger partial charge < -0.3 is 10.4 Å². The van der Waals surface area contributed by atoms with Crippen molar-refractivity contribution in [2.45, 2.75) is 13.0 Å². The number of carbonyl (C=O) groups excluding carboxylic acids is 1. The van der Waals surface area contributed by atoms with Crippen molar-refractivity contribution in [2.75, 3.05) is 0 Å². The lowest BCUT2D eigenvalue weighted by atomic mass is 10.1. The van der Waals surface area contributed by atoms with Crippen molar-refractivity contribution in [2.24, 2.45) is 0 Å². The minimum absolute atomic E-state index is 0.0467. The summed E-state index contributed by atoms with van der Waals surface area (Å²) in [7, 11) is 0. The Kier molecular flexibility index (Phi) is 5.31. The molecule has 1 heterocycles. The van der Waals surface area contributed by atoms with E-state index >= 15 is 0 Å². The smallest absolute Gasteiger partial charge is 0.330 e. The van der Waals surface area contributed by atoms with Gasteiger partial charge in [0.05, 0.1) is 11.9 Å².